The van der Waals surface area contributed by atoms with E-state index >= 15 is 0 Å². The summed E-state index contributed by atoms with van der Waals surface area (Å²) < 4.78 is 29.5. The van der Waals surface area contributed by atoms with E-state index in [4.69, 9.17) is 23.4 Å². The van der Waals surface area contributed by atoms with Crippen molar-refractivity contribution in [3.05, 3.63) is 23.8 Å². The maximum absolute atomic E-state index is 13.3. The number of rotatable bonds is 19. The molecule has 0 fully saturated rings. The largest absolute Gasteiger partial charge is 0.493 e. The minimum atomic E-state index is -2.38. The first-order valence-corrected chi connectivity index (χ1v) is 19.7. The van der Waals surface area contributed by atoms with Crippen molar-refractivity contribution in [1.82, 2.24) is 5.32 Å². The predicted octanol–water partition coefficient (Wildman–Crippen LogP) is 8.35. The SMILES string of the molecule is COCCCOc1cc(C[C@@H](C[C@H](NC(=O)OC(C)(C)C)[C@H](C[C@H](C(=O)O)C(C)C)O[Si](C)(C)C(C)(C)C)C(C)C)ccc1OC. The van der Waals surface area contributed by atoms with Gasteiger partial charge in [0.05, 0.1) is 31.8 Å². The van der Waals surface area contributed by atoms with Crippen LogP contribution in [0.3, 0.4) is 0 Å². The molecule has 0 unspecified atom stereocenters. The van der Waals surface area contributed by atoms with Crippen molar-refractivity contribution in [2.45, 2.75) is 131 Å². The number of carbonyl (C=O) groups is 2. The number of hydrogen-bond acceptors (Lipinski definition) is 7. The van der Waals surface area contributed by atoms with Gasteiger partial charge in [-0.2, -0.15) is 0 Å². The van der Waals surface area contributed by atoms with Crippen LogP contribution in [-0.2, 0) is 25.1 Å². The number of carboxylic acid groups (broad SMARTS) is 1. The van der Waals surface area contributed by atoms with Crippen molar-refractivity contribution in [2.75, 3.05) is 27.4 Å². The maximum atomic E-state index is 13.3. The number of amides is 1. The Bertz CT molecular complexity index is 1080. The Hall–Kier alpha value is -2.30. The molecule has 0 aromatic heterocycles. The first kappa shape index (κ1) is 41.7. The predicted molar refractivity (Wildman–Crippen MR) is 187 cm³/mol. The minimum Gasteiger partial charge on any atom is -0.493 e. The Balaban J connectivity index is 3.59. The van der Waals surface area contributed by atoms with Crippen LogP contribution in [0.5, 0.6) is 11.5 Å². The zero-order valence-corrected chi connectivity index (χ0v) is 32.2. The topological polar surface area (TPSA) is 113 Å². The summed E-state index contributed by atoms with van der Waals surface area (Å²) in [5.41, 5.74) is 0.399. The Labute approximate surface area is 280 Å². The third-order valence-corrected chi connectivity index (χ3v) is 13.5. The van der Waals surface area contributed by atoms with Gasteiger partial charge in [-0.25, -0.2) is 4.79 Å². The van der Waals surface area contributed by atoms with Crippen LogP contribution in [0, 0.1) is 23.7 Å². The molecule has 1 aromatic carbocycles. The number of nitrogens with one attached hydrogen (secondary N) is 1. The molecular weight excluding hydrogens is 602 g/mol. The zero-order chi connectivity index (χ0) is 35.5. The van der Waals surface area contributed by atoms with Gasteiger partial charge in [0.1, 0.15) is 5.60 Å². The van der Waals surface area contributed by atoms with Crippen LogP contribution >= 0.6 is 0 Å². The average molecular weight is 668 g/mol. The molecule has 1 rings (SSSR count). The molecule has 0 aliphatic heterocycles. The molecule has 1 aromatic rings. The standard InChI is InChI=1S/C36H65NO8Si/c1-24(2)27(20-26-16-17-30(42-12)32(21-26)43-19-15-18-41-11)22-29(37-34(40)44-35(5,6)7)31(23-28(25(3)4)33(38)39)45-46(13,14)36(8,9)10/h16-17,21,24-25,27-29,31H,15,18-20,22-23H2,1-14H3,(H,37,40)(H,38,39)/t27-,28-,29-,31-/m0/s1. The second-order valence-electron chi connectivity index (χ2n) is 15.7. The highest BCUT2D eigenvalue weighted by Crippen LogP contribution is 2.40. The highest BCUT2D eigenvalue weighted by Gasteiger charge is 2.43. The maximum Gasteiger partial charge on any atom is 0.407 e. The van der Waals surface area contributed by atoms with E-state index in [0.29, 0.717) is 31.1 Å². The van der Waals surface area contributed by atoms with Gasteiger partial charge in [0.25, 0.3) is 0 Å². The van der Waals surface area contributed by atoms with Gasteiger partial charge < -0.3 is 33.8 Å². The van der Waals surface area contributed by atoms with Gasteiger partial charge in [0.2, 0.25) is 0 Å². The molecule has 0 aliphatic rings. The van der Waals surface area contributed by atoms with E-state index in [9.17, 15) is 14.7 Å². The molecule has 2 N–H and O–H groups in total. The van der Waals surface area contributed by atoms with Crippen LogP contribution in [-0.4, -0.2) is 70.7 Å². The van der Waals surface area contributed by atoms with Crippen molar-refractivity contribution in [2.24, 2.45) is 23.7 Å². The first-order valence-electron chi connectivity index (χ1n) is 16.8. The lowest BCUT2D eigenvalue weighted by molar-refractivity contribution is -0.144. The first-order chi connectivity index (χ1) is 21.1. The van der Waals surface area contributed by atoms with E-state index in [-0.39, 0.29) is 29.2 Å². The lowest BCUT2D eigenvalue weighted by Crippen LogP contribution is -2.54. The summed E-state index contributed by atoms with van der Waals surface area (Å²) in [6.07, 6.45) is 1.30. The number of alkyl carbamates (subject to hydrolysis) is 1. The molecule has 9 nitrogen and oxygen atoms in total. The lowest BCUT2D eigenvalue weighted by atomic mass is 9.80. The third-order valence-electron chi connectivity index (χ3n) is 8.99. The molecule has 10 heteroatoms. The quantitative estimate of drug-likeness (QED) is 0.112. The zero-order valence-electron chi connectivity index (χ0n) is 31.2. The van der Waals surface area contributed by atoms with Gasteiger partial charge in [0, 0.05) is 20.1 Å². The summed E-state index contributed by atoms with van der Waals surface area (Å²) in [6, 6.07) is 5.54. The highest BCUT2D eigenvalue weighted by molar-refractivity contribution is 6.74. The molecular formula is C36H65NO8Si. The van der Waals surface area contributed by atoms with Crippen LogP contribution in [0.4, 0.5) is 4.79 Å². The number of benzene rings is 1. The van der Waals surface area contributed by atoms with Gasteiger partial charge in [0.15, 0.2) is 19.8 Å². The van der Waals surface area contributed by atoms with Crippen LogP contribution < -0.4 is 14.8 Å². The van der Waals surface area contributed by atoms with E-state index in [1.54, 1.807) is 14.2 Å². The van der Waals surface area contributed by atoms with Crippen molar-refractivity contribution in [3.63, 3.8) is 0 Å². The second-order valence-corrected chi connectivity index (χ2v) is 20.5. The fourth-order valence-electron chi connectivity index (χ4n) is 5.09. The Morgan fingerprint density at radius 2 is 1.54 bits per heavy atom. The Morgan fingerprint density at radius 1 is 0.913 bits per heavy atom. The van der Waals surface area contributed by atoms with Crippen LogP contribution in [0.1, 0.15) is 94.1 Å². The van der Waals surface area contributed by atoms with Gasteiger partial charge in [-0.3, -0.25) is 4.79 Å². The van der Waals surface area contributed by atoms with Crippen molar-refractivity contribution in [1.29, 1.82) is 0 Å². The van der Waals surface area contributed by atoms with E-state index in [2.05, 4.69) is 59.1 Å². The fourth-order valence-corrected chi connectivity index (χ4v) is 6.46. The van der Waals surface area contributed by atoms with Gasteiger partial charge in [-0.15, -0.1) is 0 Å². The van der Waals surface area contributed by atoms with Crippen LogP contribution in [0.15, 0.2) is 18.2 Å². The van der Waals surface area contributed by atoms with Crippen molar-refractivity contribution < 1.29 is 38.1 Å². The monoisotopic (exact) mass is 667 g/mol. The summed E-state index contributed by atoms with van der Waals surface area (Å²) in [5, 5.41) is 13.3. The minimum absolute atomic E-state index is 0.104. The van der Waals surface area contributed by atoms with Gasteiger partial charge in [-0.05, 0) is 93.6 Å². The van der Waals surface area contributed by atoms with E-state index in [0.717, 1.165) is 18.4 Å². The molecule has 0 bridgehead atoms. The van der Waals surface area contributed by atoms with Crippen molar-refractivity contribution in [3.8, 4) is 11.5 Å². The smallest absolute Gasteiger partial charge is 0.407 e. The molecule has 1 amide bonds. The summed E-state index contributed by atoms with van der Waals surface area (Å²) in [6.45, 7) is 25.7. The number of carboxylic acids is 1. The molecule has 4 atom stereocenters. The summed E-state index contributed by atoms with van der Waals surface area (Å²) in [5.74, 6) is 0.145. The number of methoxy groups -OCH3 is 2. The van der Waals surface area contributed by atoms with Gasteiger partial charge >= 0.3 is 12.1 Å². The summed E-state index contributed by atoms with van der Waals surface area (Å²) >= 11 is 0. The molecule has 266 valence electrons. The van der Waals surface area contributed by atoms with Gasteiger partial charge in [-0.1, -0.05) is 54.5 Å². The molecule has 0 heterocycles. The highest BCUT2D eigenvalue weighted by atomic mass is 28.4. The van der Waals surface area contributed by atoms with E-state index in [1.165, 1.54) is 0 Å². The van der Waals surface area contributed by atoms with Crippen LogP contribution in [0.2, 0.25) is 18.1 Å². The number of aliphatic carboxylic acids is 1. The Morgan fingerprint density at radius 3 is 2.02 bits per heavy atom. The molecule has 0 saturated carbocycles. The normalized spacial score (nSPS) is 15.3. The molecule has 0 saturated heterocycles. The van der Waals surface area contributed by atoms with Crippen molar-refractivity contribution >= 4 is 20.4 Å². The number of ether oxygens (including phenoxy) is 4. The Kier molecular flexibility index (Phi) is 16.6. The fraction of sp³-hybridized carbons (Fsp3) is 0.778. The summed E-state index contributed by atoms with van der Waals surface area (Å²) in [4.78, 5) is 25.8. The van der Waals surface area contributed by atoms with E-state index in [1.807, 2.05) is 46.8 Å². The van der Waals surface area contributed by atoms with Crippen LogP contribution in [0.25, 0.3) is 0 Å². The molecule has 46 heavy (non-hydrogen) atoms. The average Bonchev–Trinajstić information content (AvgIpc) is 2.90. The molecule has 0 spiro atoms. The summed E-state index contributed by atoms with van der Waals surface area (Å²) in [7, 11) is 0.923. The number of hydrogen-bond donors (Lipinski definition) is 2. The van der Waals surface area contributed by atoms with E-state index < -0.39 is 44.0 Å². The molecule has 0 aliphatic carbocycles. The third kappa shape index (κ3) is 14.2. The second kappa shape index (κ2) is 18.3. The molecule has 0 radical (unpaired) electrons. The number of carbonyl (C=O) groups excluding carboxylic acids is 1. The lowest BCUT2D eigenvalue weighted by Gasteiger charge is -2.43.